The van der Waals surface area contributed by atoms with Crippen molar-refractivity contribution in [3.8, 4) is 5.88 Å². The summed E-state index contributed by atoms with van der Waals surface area (Å²) in [5, 5.41) is 0. The first-order valence-electron chi connectivity index (χ1n) is 5.94. The maximum Gasteiger partial charge on any atom is 0.215 e. The van der Waals surface area contributed by atoms with Crippen molar-refractivity contribution >= 4 is 17.1 Å². The van der Waals surface area contributed by atoms with Gasteiger partial charge in [-0.25, -0.2) is 4.98 Å². The lowest BCUT2D eigenvalue weighted by Gasteiger charge is -2.05. The van der Waals surface area contributed by atoms with Gasteiger partial charge >= 0.3 is 0 Å². The summed E-state index contributed by atoms with van der Waals surface area (Å²) >= 11 is 0. The quantitative estimate of drug-likeness (QED) is 0.873. The summed E-state index contributed by atoms with van der Waals surface area (Å²) in [4.78, 5) is 8.72. The molecular weight excluding hydrogens is 216 g/mol. The molecule has 0 radical (unpaired) electrons. The van der Waals surface area contributed by atoms with Crippen LogP contribution in [0.4, 0.5) is 5.95 Å². The van der Waals surface area contributed by atoms with E-state index in [-0.39, 0.29) is 0 Å². The number of nitrogens with zero attached hydrogens (tertiary/aromatic N) is 3. The molecule has 1 aliphatic rings. The molecule has 2 aromatic rings. The highest BCUT2D eigenvalue weighted by Gasteiger charge is 2.21. The van der Waals surface area contributed by atoms with Gasteiger partial charge in [-0.05, 0) is 18.4 Å². The Morgan fingerprint density at radius 1 is 1.41 bits per heavy atom. The molecule has 0 spiro atoms. The van der Waals surface area contributed by atoms with Gasteiger partial charge in [0.05, 0.1) is 7.11 Å². The lowest BCUT2D eigenvalue weighted by atomic mass is 10.3. The molecule has 3 rings (SSSR count). The second-order valence-electron chi connectivity index (χ2n) is 4.55. The number of hydrogen-bond acceptors (Lipinski definition) is 4. The first kappa shape index (κ1) is 10.4. The molecule has 1 saturated carbocycles. The average Bonchev–Trinajstić information content (AvgIpc) is 3.10. The molecule has 0 unspecified atom stereocenters. The summed E-state index contributed by atoms with van der Waals surface area (Å²) < 4.78 is 7.11. The Balaban J connectivity index is 1.97. The van der Waals surface area contributed by atoms with Crippen LogP contribution in [0.15, 0.2) is 12.1 Å². The van der Waals surface area contributed by atoms with Gasteiger partial charge in [0.1, 0.15) is 5.52 Å². The van der Waals surface area contributed by atoms with Crippen LogP contribution >= 0.6 is 0 Å². The Morgan fingerprint density at radius 2 is 2.24 bits per heavy atom. The Bertz CT molecular complexity index is 545. The first-order valence-corrected chi connectivity index (χ1v) is 5.94. The van der Waals surface area contributed by atoms with Crippen LogP contribution in [0.2, 0.25) is 0 Å². The number of nitrogen functional groups attached to an aromatic ring is 1. The van der Waals surface area contributed by atoms with Gasteiger partial charge in [-0.15, -0.1) is 0 Å². The predicted molar refractivity (Wildman–Crippen MR) is 65.8 cm³/mol. The normalized spacial score (nSPS) is 15.4. The van der Waals surface area contributed by atoms with Gasteiger partial charge in [-0.2, -0.15) is 4.98 Å². The van der Waals surface area contributed by atoms with E-state index in [0.29, 0.717) is 11.8 Å². The fourth-order valence-corrected chi connectivity index (χ4v) is 2.05. The highest BCUT2D eigenvalue weighted by atomic mass is 16.5. The molecule has 0 amide bonds. The zero-order valence-electron chi connectivity index (χ0n) is 9.89. The van der Waals surface area contributed by atoms with E-state index in [1.165, 1.54) is 12.8 Å². The largest absolute Gasteiger partial charge is 0.481 e. The second-order valence-corrected chi connectivity index (χ2v) is 4.55. The van der Waals surface area contributed by atoms with Gasteiger partial charge < -0.3 is 10.5 Å². The molecule has 2 heterocycles. The summed E-state index contributed by atoms with van der Waals surface area (Å²) in [7, 11) is 1.61. The highest BCUT2D eigenvalue weighted by molar-refractivity contribution is 5.74. The summed E-state index contributed by atoms with van der Waals surface area (Å²) in [5.41, 5.74) is 7.58. The van der Waals surface area contributed by atoms with Gasteiger partial charge in [-0.1, -0.05) is 12.8 Å². The Hall–Kier alpha value is -1.78. The molecule has 17 heavy (non-hydrogen) atoms. The molecule has 5 heteroatoms. The SMILES string of the molecule is COc1ccc2nc(N)n(CCC3CC3)c2n1. The minimum absolute atomic E-state index is 0.543. The van der Waals surface area contributed by atoms with Gasteiger partial charge in [0.15, 0.2) is 5.65 Å². The van der Waals surface area contributed by atoms with Gasteiger partial charge in [0.2, 0.25) is 11.8 Å². The summed E-state index contributed by atoms with van der Waals surface area (Å²) in [6.07, 6.45) is 3.86. The van der Waals surface area contributed by atoms with E-state index in [2.05, 4.69) is 9.97 Å². The van der Waals surface area contributed by atoms with E-state index in [1.807, 2.05) is 10.6 Å². The van der Waals surface area contributed by atoms with Gasteiger partial charge in [0.25, 0.3) is 0 Å². The third-order valence-corrected chi connectivity index (χ3v) is 3.26. The number of aromatic nitrogens is 3. The fourth-order valence-electron chi connectivity index (χ4n) is 2.05. The number of fused-ring (bicyclic) bond motifs is 1. The molecule has 0 bridgehead atoms. The van der Waals surface area contributed by atoms with Crippen LogP contribution in [-0.2, 0) is 6.54 Å². The van der Waals surface area contributed by atoms with Crippen LogP contribution in [0.5, 0.6) is 5.88 Å². The molecule has 2 N–H and O–H groups in total. The van der Waals surface area contributed by atoms with Crippen molar-refractivity contribution in [2.45, 2.75) is 25.8 Å². The van der Waals surface area contributed by atoms with Gasteiger partial charge in [-0.3, -0.25) is 4.57 Å². The molecule has 90 valence electrons. The smallest absolute Gasteiger partial charge is 0.215 e. The van der Waals surface area contributed by atoms with Crippen LogP contribution in [0.1, 0.15) is 19.3 Å². The number of hydrogen-bond donors (Lipinski definition) is 1. The van der Waals surface area contributed by atoms with Crippen molar-refractivity contribution in [1.29, 1.82) is 0 Å². The topological polar surface area (TPSA) is 66.0 Å². The van der Waals surface area contributed by atoms with E-state index in [9.17, 15) is 0 Å². The molecule has 1 aliphatic carbocycles. The number of aryl methyl sites for hydroxylation is 1. The van der Waals surface area contributed by atoms with Crippen molar-refractivity contribution in [2.24, 2.45) is 5.92 Å². The molecule has 1 fully saturated rings. The number of imidazole rings is 1. The van der Waals surface area contributed by atoms with Crippen LogP contribution in [0.3, 0.4) is 0 Å². The molecule has 0 aromatic carbocycles. The standard InChI is InChI=1S/C12H16N4O/c1-17-10-5-4-9-11(15-10)16(12(13)14-9)7-6-8-2-3-8/h4-5,8H,2-3,6-7H2,1H3,(H2,13,14). The maximum atomic E-state index is 5.92. The van der Waals surface area contributed by atoms with Crippen molar-refractivity contribution in [3.63, 3.8) is 0 Å². The number of ether oxygens (including phenoxy) is 1. The van der Waals surface area contributed by atoms with Crippen molar-refractivity contribution in [2.75, 3.05) is 12.8 Å². The number of rotatable bonds is 4. The van der Waals surface area contributed by atoms with E-state index >= 15 is 0 Å². The molecule has 5 nitrogen and oxygen atoms in total. The fraction of sp³-hybridized carbons (Fsp3) is 0.500. The van der Waals surface area contributed by atoms with E-state index in [4.69, 9.17) is 10.5 Å². The Morgan fingerprint density at radius 3 is 2.94 bits per heavy atom. The van der Waals surface area contributed by atoms with Crippen molar-refractivity contribution in [3.05, 3.63) is 12.1 Å². The minimum Gasteiger partial charge on any atom is -0.481 e. The third kappa shape index (κ3) is 1.92. The minimum atomic E-state index is 0.543. The molecular formula is C12H16N4O. The summed E-state index contributed by atoms with van der Waals surface area (Å²) in [5.74, 6) is 2.02. The molecule has 0 saturated heterocycles. The summed E-state index contributed by atoms with van der Waals surface area (Å²) in [6.45, 7) is 0.896. The maximum absolute atomic E-state index is 5.92. The number of nitrogens with two attached hydrogens (primary N) is 1. The third-order valence-electron chi connectivity index (χ3n) is 3.26. The average molecular weight is 232 g/mol. The van der Waals surface area contributed by atoms with Crippen LogP contribution in [0, 0.1) is 5.92 Å². The molecule has 0 atom stereocenters. The number of pyridine rings is 1. The van der Waals surface area contributed by atoms with Gasteiger partial charge in [0, 0.05) is 12.6 Å². The van der Waals surface area contributed by atoms with E-state index in [0.717, 1.165) is 30.0 Å². The lowest BCUT2D eigenvalue weighted by Crippen LogP contribution is -2.05. The van der Waals surface area contributed by atoms with Crippen molar-refractivity contribution in [1.82, 2.24) is 14.5 Å². The Kier molecular flexibility index (Phi) is 2.39. The van der Waals surface area contributed by atoms with Crippen LogP contribution in [-0.4, -0.2) is 21.6 Å². The number of methoxy groups -OCH3 is 1. The van der Waals surface area contributed by atoms with E-state index in [1.54, 1.807) is 13.2 Å². The Labute approximate surface area is 99.6 Å². The van der Waals surface area contributed by atoms with Crippen LogP contribution in [0.25, 0.3) is 11.2 Å². The summed E-state index contributed by atoms with van der Waals surface area (Å²) in [6, 6.07) is 3.70. The second kappa shape index (κ2) is 3.91. The number of anilines is 1. The zero-order chi connectivity index (χ0) is 11.8. The molecule has 0 aliphatic heterocycles. The zero-order valence-corrected chi connectivity index (χ0v) is 9.89. The monoisotopic (exact) mass is 232 g/mol. The highest BCUT2D eigenvalue weighted by Crippen LogP contribution is 2.33. The lowest BCUT2D eigenvalue weighted by molar-refractivity contribution is 0.399. The molecule has 2 aromatic heterocycles. The van der Waals surface area contributed by atoms with Crippen molar-refractivity contribution < 1.29 is 4.74 Å². The van der Waals surface area contributed by atoms with E-state index < -0.39 is 0 Å². The first-order chi connectivity index (χ1) is 8.28. The predicted octanol–water partition coefficient (Wildman–Crippen LogP) is 1.82. The van der Waals surface area contributed by atoms with Crippen LogP contribution < -0.4 is 10.5 Å².